The van der Waals surface area contributed by atoms with Crippen molar-refractivity contribution in [3.63, 3.8) is 0 Å². The molecule has 0 radical (unpaired) electrons. The maximum absolute atomic E-state index is 5.31. The Bertz CT molecular complexity index is 925. The number of hydrogen-bond donors (Lipinski definition) is 0. The first-order valence-corrected chi connectivity index (χ1v) is 8.20. The highest BCUT2D eigenvalue weighted by Gasteiger charge is 1.98. The van der Waals surface area contributed by atoms with Gasteiger partial charge in [-0.3, -0.25) is 0 Å². The molecule has 26 heavy (non-hydrogen) atoms. The van der Waals surface area contributed by atoms with Gasteiger partial charge in [-0.05, 0) is 48.5 Å². The summed E-state index contributed by atoms with van der Waals surface area (Å²) in [6.07, 6.45) is 0. The van der Waals surface area contributed by atoms with Gasteiger partial charge in [-0.15, -0.1) is 0 Å². The molecule has 2 heteroatoms. The zero-order valence-corrected chi connectivity index (χ0v) is 14.7. The van der Waals surface area contributed by atoms with Gasteiger partial charge in [-0.2, -0.15) is 0 Å². The van der Waals surface area contributed by atoms with Crippen molar-refractivity contribution in [2.75, 3.05) is 14.2 Å². The number of hydrogen-bond acceptors (Lipinski definition) is 2. The molecule has 0 heterocycles. The summed E-state index contributed by atoms with van der Waals surface area (Å²) in [5, 5.41) is 0. The lowest BCUT2D eigenvalue weighted by atomic mass is 10.1. The molecule has 3 aromatic carbocycles. The van der Waals surface area contributed by atoms with Gasteiger partial charge >= 0.3 is 0 Å². The number of rotatable bonds is 2. The van der Waals surface area contributed by atoms with Crippen molar-refractivity contribution >= 4 is 0 Å². The van der Waals surface area contributed by atoms with E-state index in [0.29, 0.717) is 0 Å². The molecule has 0 aliphatic heterocycles. The molecule has 0 aromatic heterocycles. The van der Waals surface area contributed by atoms with Crippen LogP contribution in [-0.4, -0.2) is 14.2 Å². The highest BCUT2D eigenvalue weighted by molar-refractivity contribution is 5.52. The maximum Gasteiger partial charge on any atom is 0.134 e. The van der Waals surface area contributed by atoms with Gasteiger partial charge in [0.25, 0.3) is 0 Å². The van der Waals surface area contributed by atoms with Crippen molar-refractivity contribution in [2.45, 2.75) is 0 Å². The molecule has 0 saturated carbocycles. The van der Waals surface area contributed by atoms with Crippen LogP contribution in [0.4, 0.5) is 0 Å². The second kappa shape index (κ2) is 8.47. The third-order valence-corrected chi connectivity index (χ3v) is 3.78. The van der Waals surface area contributed by atoms with Crippen molar-refractivity contribution in [3.8, 4) is 35.2 Å². The molecule has 3 aromatic rings. The Morgan fingerprint density at radius 1 is 0.500 bits per heavy atom. The molecule has 0 unspecified atom stereocenters. The molecule has 2 nitrogen and oxygen atoms in total. The van der Waals surface area contributed by atoms with Crippen LogP contribution in [0.15, 0.2) is 72.8 Å². The predicted octanol–water partition coefficient (Wildman–Crippen LogP) is 4.50. The van der Waals surface area contributed by atoms with Crippen molar-refractivity contribution in [1.29, 1.82) is 0 Å². The number of para-hydroxylation sites is 2. The summed E-state index contributed by atoms with van der Waals surface area (Å²) in [4.78, 5) is 0. The highest BCUT2D eigenvalue weighted by atomic mass is 16.5. The van der Waals surface area contributed by atoms with E-state index in [1.807, 2.05) is 72.8 Å². The van der Waals surface area contributed by atoms with Crippen LogP contribution in [0.1, 0.15) is 22.3 Å². The summed E-state index contributed by atoms with van der Waals surface area (Å²) in [6.45, 7) is 0. The Hall–Kier alpha value is -3.62. The van der Waals surface area contributed by atoms with E-state index in [9.17, 15) is 0 Å². The first kappa shape index (κ1) is 17.2. The van der Waals surface area contributed by atoms with Crippen molar-refractivity contribution in [1.82, 2.24) is 0 Å². The molecule has 0 N–H and O–H groups in total. The van der Waals surface area contributed by atoms with E-state index in [-0.39, 0.29) is 0 Å². The van der Waals surface area contributed by atoms with Crippen LogP contribution in [0.25, 0.3) is 0 Å². The smallest absolute Gasteiger partial charge is 0.134 e. The van der Waals surface area contributed by atoms with Crippen LogP contribution < -0.4 is 9.47 Å². The summed E-state index contributed by atoms with van der Waals surface area (Å²) in [5.41, 5.74) is 3.60. The first-order valence-electron chi connectivity index (χ1n) is 8.20. The summed E-state index contributed by atoms with van der Waals surface area (Å²) >= 11 is 0. The Balaban J connectivity index is 1.78. The summed E-state index contributed by atoms with van der Waals surface area (Å²) in [5.74, 6) is 14.2. The fraction of sp³-hybridized carbons (Fsp3) is 0.0833. The zero-order valence-electron chi connectivity index (χ0n) is 14.7. The largest absolute Gasteiger partial charge is 0.495 e. The van der Waals surface area contributed by atoms with Gasteiger partial charge < -0.3 is 9.47 Å². The Morgan fingerprint density at radius 3 is 1.27 bits per heavy atom. The summed E-state index contributed by atoms with van der Waals surface area (Å²) < 4.78 is 10.6. The normalized spacial score (nSPS) is 9.31. The molecule has 0 amide bonds. The molecule has 126 valence electrons. The fourth-order valence-corrected chi connectivity index (χ4v) is 2.41. The summed E-state index contributed by atoms with van der Waals surface area (Å²) in [6, 6.07) is 23.3. The van der Waals surface area contributed by atoms with Crippen LogP contribution >= 0.6 is 0 Å². The van der Waals surface area contributed by atoms with E-state index in [2.05, 4.69) is 23.7 Å². The zero-order chi connectivity index (χ0) is 18.2. The van der Waals surface area contributed by atoms with Crippen molar-refractivity contribution in [2.24, 2.45) is 0 Å². The highest BCUT2D eigenvalue weighted by Crippen LogP contribution is 2.17. The minimum Gasteiger partial charge on any atom is -0.495 e. The predicted molar refractivity (Wildman–Crippen MR) is 104 cm³/mol. The van der Waals surface area contributed by atoms with Crippen LogP contribution in [-0.2, 0) is 0 Å². The first-order chi connectivity index (χ1) is 12.8. The average Bonchev–Trinajstić information content (AvgIpc) is 2.72. The van der Waals surface area contributed by atoms with E-state index in [1.54, 1.807) is 14.2 Å². The van der Waals surface area contributed by atoms with E-state index in [4.69, 9.17) is 9.47 Å². The molecule has 0 aliphatic rings. The van der Waals surface area contributed by atoms with E-state index < -0.39 is 0 Å². The van der Waals surface area contributed by atoms with E-state index in [0.717, 1.165) is 33.8 Å². The lowest BCUT2D eigenvalue weighted by molar-refractivity contribution is 0.413. The van der Waals surface area contributed by atoms with Gasteiger partial charge in [0, 0.05) is 11.1 Å². The number of ether oxygens (including phenoxy) is 2. The van der Waals surface area contributed by atoms with Crippen molar-refractivity contribution < 1.29 is 9.47 Å². The molecular formula is C24H18O2. The molecule has 0 bridgehead atoms. The second-order valence-electron chi connectivity index (χ2n) is 5.48. The summed E-state index contributed by atoms with van der Waals surface area (Å²) in [7, 11) is 3.30. The van der Waals surface area contributed by atoms with E-state index >= 15 is 0 Å². The number of methoxy groups -OCH3 is 2. The second-order valence-corrected chi connectivity index (χ2v) is 5.48. The molecule has 0 atom stereocenters. The molecule has 0 fully saturated rings. The minimum atomic E-state index is 0.777. The van der Waals surface area contributed by atoms with E-state index in [1.165, 1.54) is 0 Å². The monoisotopic (exact) mass is 338 g/mol. The minimum absolute atomic E-state index is 0.777. The SMILES string of the molecule is COc1ccccc1C#Cc1ccc(C#Cc2ccccc2OC)cc1. The van der Waals surface area contributed by atoms with Crippen molar-refractivity contribution in [3.05, 3.63) is 95.1 Å². The lowest BCUT2D eigenvalue weighted by Gasteiger charge is -2.01. The standard InChI is InChI=1S/C24H18O2/c1-25-23-9-5-3-7-21(23)17-15-19-11-13-20(14-12-19)16-18-22-8-4-6-10-24(22)26-2/h3-14H,1-2H3. The van der Waals surface area contributed by atoms with Gasteiger partial charge in [-0.25, -0.2) is 0 Å². The molecule has 0 spiro atoms. The topological polar surface area (TPSA) is 18.5 Å². The molecular weight excluding hydrogens is 320 g/mol. The third kappa shape index (κ3) is 4.26. The van der Waals surface area contributed by atoms with Crippen LogP contribution in [0, 0.1) is 23.7 Å². The van der Waals surface area contributed by atoms with Gasteiger partial charge in [0.2, 0.25) is 0 Å². The van der Waals surface area contributed by atoms with Gasteiger partial charge in [-0.1, -0.05) is 47.9 Å². The molecule has 0 saturated heterocycles. The van der Waals surface area contributed by atoms with Gasteiger partial charge in [0.05, 0.1) is 25.3 Å². The van der Waals surface area contributed by atoms with Gasteiger partial charge in [0.1, 0.15) is 11.5 Å². The Morgan fingerprint density at radius 2 is 0.885 bits per heavy atom. The fourth-order valence-electron chi connectivity index (χ4n) is 2.41. The Labute approximate surface area is 154 Å². The average molecular weight is 338 g/mol. The quantitative estimate of drug-likeness (QED) is 0.640. The Kier molecular flexibility index (Phi) is 5.61. The third-order valence-electron chi connectivity index (χ3n) is 3.78. The van der Waals surface area contributed by atoms with Crippen LogP contribution in [0.3, 0.4) is 0 Å². The lowest BCUT2D eigenvalue weighted by Crippen LogP contribution is -1.87. The van der Waals surface area contributed by atoms with Crippen LogP contribution in [0.2, 0.25) is 0 Å². The number of benzene rings is 3. The maximum atomic E-state index is 5.31. The van der Waals surface area contributed by atoms with Gasteiger partial charge in [0.15, 0.2) is 0 Å². The van der Waals surface area contributed by atoms with Crippen LogP contribution in [0.5, 0.6) is 11.5 Å². The molecule has 0 aliphatic carbocycles. The molecule has 3 rings (SSSR count).